The lowest BCUT2D eigenvalue weighted by molar-refractivity contribution is 1.08. The second-order valence-corrected chi connectivity index (χ2v) is 4.39. The summed E-state index contributed by atoms with van der Waals surface area (Å²) in [5, 5.41) is 3.35. The third-order valence-corrected chi connectivity index (χ3v) is 2.84. The maximum atomic E-state index is 5.44. The Morgan fingerprint density at radius 2 is 1.78 bits per heavy atom. The summed E-state index contributed by atoms with van der Waals surface area (Å²) in [4.78, 5) is 8.88. The van der Waals surface area contributed by atoms with E-state index in [0.717, 1.165) is 11.4 Å². The van der Waals surface area contributed by atoms with Crippen LogP contribution >= 0.6 is 0 Å². The highest BCUT2D eigenvalue weighted by atomic mass is 15.3. The van der Waals surface area contributed by atoms with E-state index in [1.807, 2.05) is 36.4 Å². The van der Waals surface area contributed by atoms with Gasteiger partial charge in [-0.3, -0.25) is 0 Å². The molecule has 1 aliphatic carbocycles. The van der Waals surface area contributed by atoms with Crippen molar-refractivity contribution in [2.75, 3.05) is 10.7 Å². The van der Waals surface area contributed by atoms with Gasteiger partial charge in [-0.05, 0) is 12.8 Å². The summed E-state index contributed by atoms with van der Waals surface area (Å²) in [5.41, 5.74) is 3.56. The quantitative estimate of drug-likeness (QED) is 0.564. The van der Waals surface area contributed by atoms with Gasteiger partial charge in [0.1, 0.15) is 11.6 Å². The number of nitrogens with two attached hydrogens (primary N) is 1. The first-order valence-corrected chi connectivity index (χ1v) is 6.03. The summed E-state index contributed by atoms with van der Waals surface area (Å²) in [6, 6.07) is 12.2. The van der Waals surface area contributed by atoms with E-state index in [-0.39, 0.29) is 0 Å². The Bertz CT molecular complexity index is 536. The van der Waals surface area contributed by atoms with Gasteiger partial charge in [-0.25, -0.2) is 15.8 Å². The first-order chi connectivity index (χ1) is 8.85. The zero-order chi connectivity index (χ0) is 12.4. The van der Waals surface area contributed by atoms with Gasteiger partial charge < -0.3 is 10.7 Å². The summed E-state index contributed by atoms with van der Waals surface area (Å²) < 4.78 is 0. The molecule has 0 atom stereocenters. The highest BCUT2D eigenvalue weighted by molar-refractivity contribution is 5.61. The summed E-state index contributed by atoms with van der Waals surface area (Å²) in [5.74, 6) is 7.56. The molecule has 0 aliphatic heterocycles. The fraction of sp³-hybridized carbons (Fsp3) is 0.231. The average molecular weight is 241 g/mol. The second-order valence-electron chi connectivity index (χ2n) is 4.39. The molecule has 3 rings (SSSR count). The highest BCUT2D eigenvalue weighted by Gasteiger charge is 2.21. The largest absolute Gasteiger partial charge is 0.367 e. The van der Waals surface area contributed by atoms with Gasteiger partial charge in [-0.1, -0.05) is 30.3 Å². The lowest BCUT2D eigenvalue weighted by Gasteiger charge is -2.09. The van der Waals surface area contributed by atoms with Crippen LogP contribution in [0.1, 0.15) is 12.8 Å². The van der Waals surface area contributed by atoms with E-state index in [0.29, 0.717) is 17.7 Å². The number of benzene rings is 1. The molecule has 92 valence electrons. The van der Waals surface area contributed by atoms with Gasteiger partial charge in [0.2, 0.25) is 0 Å². The van der Waals surface area contributed by atoms with Crippen molar-refractivity contribution in [1.29, 1.82) is 0 Å². The Morgan fingerprint density at radius 3 is 2.44 bits per heavy atom. The monoisotopic (exact) mass is 241 g/mol. The molecule has 0 radical (unpaired) electrons. The topological polar surface area (TPSA) is 75.9 Å². The van der Waals surface area contributed by atoms with Crippen molar-refractivity contribution in [1.82, 2.24) is 9.97 Å². The van der Waals surface area contributed by atoms with Crippen LogP contribution in [0.15, 0.2) is 36.4 Å². The number of hydrazine groups is 1. The normalized spacial score (nSPS) is 14.3. The Labute approximate surface area is 105 Å². The van der Waals surface area contributed by atoms with Crippen molar-refractivity contribution in [3.05, 3.63) is 36.4 Å². The van der Waals surface area contributed by atoms with Gasteiger partial charge in [0.15, 0.2) is 5.82 Å². The number of anilines is 2. The molecular weight excluding hydrogens is 226 g/mol. The molecule has 0 unspecified atom stereocenters. The van der Waals surface area contributed by atoms with Crippen LogP contribution in [0.5, 0.6) is 0 Å². The number of nitrogen functional groups attached to an aromatic ring is 1. The van der Waals surface area contributed by atoms with Crippen molar-refractivity contribution in [3.8, 4) is 11.4 Å². The molecule has 2 aromatic rings. The number of hydrogen-bond acceptors (Lipinski definition) is 5. The molecule has 0 amide bonds. The molecule has 1 aromatic carbocycles. The van der Waals surface area contributed by atoms with Gasteiger partial charge in [0.25, 0.3) is 0 Å². The number of nitrogens with zero attached hydrogens (tertiary/aromatic N) is 2. The van der Waals surface area contributed by atoms with Gasteiger partial charge in [-0.15, -0.1) is 0 Å². The van der Waals surface area contributed by atoms with Crippen LogP contribution in [-0.4, -0.2) is 16.0 Å². The summed E-state index contributed by atoms with van der Waals surface area (Å²) >= 11 is 0. The van der Waals surface area contributed by atoms with Gasteiger partial charge >= 0.3 is 0 Å². The van der Waals surface area contributed by atoms with Gasteiger partial charge in [0, 0.05) is 17.7 Å². The third-order valence-electron chi connectivity index (χ3n) is 2.84. The molecule has 1 aromatic heterocycles. The Kier molecular flexibility index (Phi) is 2.82. The van der Waals surface area contributed by atoms with E-state index in [9.17, 15) is 0 Å². The zero-order valence-electron chi connectivity index (χ0n) is 9.93. The predicted molar refractivity (Wildman–Crippen MR) is 71.9 cm³/mol. The summed E-state index contributed by atoms with van der Waals surface area (Å²) in [7, 11) is 0. The maximum absolute atomic E-state index is 5.44. The number of aromatic nitrogens is 2. The Hall–Kier alpha value is -2.14. The third kappa shape index (κ3) is 2.41. The standard InChI is InChI=1S/C13H15N5/c14-18-12-8-11(15-10-6-7-10)16-13(17-12)9-4-2-1-3-5-9/h1-5,8,10H,6-7,14H2,(H2,15,16,17,18). The molecular formula is C13H15N5. The molecule has 1 heterocycles. The van der Waals surface area contributed by atoms with Crippen LogP contribution in [0.25, 0.3) is 11.4 Å². The van der Waals surface area contributed by atoms with Crippen LogP contribution in [0.2, 0.25) is 0 Å². The molecule has 1 aliphatic rings. The molecule has 0 bridgehead atoms. The first kappa shape index (κ1) is 11.0. The lowest BCUT2D eigenvalue weighted by atomic mass is 10.2. The lowest BCUT2D eigenvalue weighted by Crippen LogP contribution is -2.11. The van der Waals surface area contributed by atoms with E-state index in [4.69, 9.17) is 5.84 Å². The van der Waals surface area contributed by atoms with Crippen molar-refractivity contribution < 1.29 is 0 Å². The van der Waals surface area contributed by atoms with Crippen molar-refractivity contribution in [2.24, 2.45) is 5.84 Å². The minimum absolute atomic E-state index is 0.550. The predicted octanol–water partition coefficient (Wildman–Crippen LogP) is 2.00. The Balaban J connectivity index is 1.97. The van der Waals surface area contributed by atoms with E-state index in [2.05, 4.69) is 20.7 Å². The molecule has 5 nitrogen and oxygen atoms in total. The van der Waals surface area contributed by atoms with Crippen LogP contribution in [0, 0.1) is 0 Å². The van der Waals surface area contributed by atoms with Crippen LogP contribution in [0.4, 0.5) is 11.6 Å². The first-order valence-electron chi connectivity index (χ1n) is 6.03. The molecule has 0 saturated heterocycles. The highest BCUT2D eigenvalue weighted by Crippen LogP contribution is 2.26. The van der Waals surface area contributed by atoms with Crippen LogP contribution < -0.4 is 16.6 Å². The van der Waals surface area contributed by atoms with Crippen molar-refractivity contribution >= 4 is 11.6 Å². The van der Waals surface area contributed by atoms with E-state index in [1.54, 1.807) is 0 Å². The minimum Gasteiger partial charge on any atom is -0.367 e. The second kappa shape index (κ2) is 4.62. The summed E-state index contributed by atoms with van der Waals surface area (Å²) in [6.07, 6.45) is 2.41. The number of rotatable bonds is 4. The molecule has 5 heteroatoms. The van der Waals surface area contributed by atoms with Gasteiger partial charge in [-0.2, -0.15) is 0 Å². The number of hydrogen-bond donors (Lipinski definition) is 3. The van der Waals surface area contributed by atoms with E-state index >= 15 is 0 Å². The fourth-order valence-electron chi connectivity index (χ4n) is 1.75. The molecule has 0 spiro atoms. The number of nitrogens with one attached hydrogen (secondary N) is 2. The van der Waals surface area contributed by atoms with Crippen molar-refractivity contribution in [2.45, 2.75) is 18.9 Å². The average Bonchev–Trinajstić information content (AvgIpc) is 3.23. The van der Waals surface area contributed by atoms with Gasteiger partial charge in [0.05, 0.1) is 0 Å². The van der Waals surface area contributed by atoms with E-state index < -0.39 is 0 Å². The summed E-state index contributed by atoms with van der Waals surface area (Å²) in [6.45, 7) is 0. The van der Waals surface area contributed by atoms with Crippen LogP contribution in [-0.2, 0) is 0 Å². The van der Waals surface area contributed by atoms with E-state index in [1.165, 1.54) is 12.8 Å². The molecule has 18 heavy (non-hydrogen) atoms. The molecule has 1 fully saturated rings. The fourth-order valence-corrected chi connectivity index (χ4v) is 1.75. The smallest absolute Gasteiger partial charge is 0.163 e. The SMILES string of the molecule is NNc1cc(NC2CC2)nc(-c2ccccc2)n1. The van der Waals surface area contributed by atoms with Crippen LogP contribution in [0.3, 0.4) is 0 Å². The Morgan fingerprint density at radius 1 is 1.06 bits per heavy atom. The zero-order valence-corrected chi connectivity index (χ0v) is 9.93. The minimum atomic E-state index is 0.550. The van der Waals surface area contributed by atoms with Crippen molar-refractivity contribution in [3.63, 3.8) is 0 Å². The molecule has 4 N–H and O–H groups in total. The molecule has 1 saturated carbocycles. The maximum Gasteiger partial charge on any atom is 0.163 e.